The van der Waals surface area contributed by atoms with Crippen LogP contribution in [-0.4, -0.2) is 12.6 Å². The van der Waals surface area contributed by atoms with Crippen molar-refractivity contribution >= 4 is 5.97 Å². The largest absolute Gasteiger partial charge is 0.462 e. The van der Waals surface area contributed by atoms with E-state index in [1.54, 1.807) is 24.3 Å². The molecule has 0 aliphatic rings. The first-order valence-electron chi connectivity index (χ1n) is 6.41. The van der Waals surface area contributed by atoms with Crippen LogP contribution in [0.4, 0.5) is 0 Å². The predicted octanol–water partition coefficient (Wildman–Crippen LogP) is 3.49. The Balaban J connectivity index is 2.35. The van der Waals surface area contributed by atoms with Gasteiger partial charge >= 0.3 is 5.97 Å². The number of nitrogens with zero attached hydrogens (tertiary/aromatic N) is 1. The minimum atomic E-state index is -0.282. The van der Waals surface area contributed by atoms with Crippen molar-refractivity contribution in [1.29, 1.82) is 5.26 Å². The Morgan fingerprint density at radius 1 is 1.22 bits per heavy atom. The quantitative estimate of drug-likeness (QED) is 0.545. The Bertz CT molecular complexity index is 403. The Labute approximate surface area is 108 Å². The maximum absolute atomic E-state index is 11.7. The number of ether oxygens (including phenoxy) is 1. The van der Waals surface area contributed by atoms with Crippen molar-refractivity contribution in [2.45, 2.75) is 39.0 Å². The number of rotatable bonds is 7. The molecule has 0 N–H and O–H groups in total. The van der Waals surface area contributed by atoms with Crippen LogP contribution in [0.25, 0.3) is 0 Å². The summed E-state index contributed by atoms with van der Waals surface area (Å²) in [6, 6.07) is 9.07. The van der Waals surface area contributed by atoms with Crippen molar-refractivity contribution in [1.82, 2.24) is 0 Å². The number of carbonyl (C=O) groups excluding carboxylic acids is 1. The molecule has 0 unspecified atom stereocenters. The molecule has 0 aromatic heterocycles. The van der Waals surface area contributed by atoms with Crippen LogP contribution in [0.15, 0.2) is 24.3 Å². The Morgan fingerprint density at radius 2 is 1.94 bits per heavy atom. The van der Waals surface area contributed by atoms with Crippen LogP contribution in [0.1, 0.15) is 48.5 Å². The van der Waals surface area contributed by atoms with Gasteiger partial charge < -0.3 is 4.74 Å². The summed E-state index contributed by atoms with van der Waals surface area (Å²) < 4.78 is 5.17. The maximum Gasteiger partial charge on any atom is 0.338 e. The van der Waals surface area contributed by atoms with E-state index in [2.05, 4.69) is 13.0 Å². The molecular weight excluding hydrogens is 226 g/mol. The van der Waals surface area contributed by atoms with Crippen LogP contribution < -0.4 is 0 Å². The number of esters is 1. The van der Waals surface area contributed by atoms with E-state index in [9.17, 15) is 4.79 Å². The van der Waals surface area contributed by atoms with E-state index in [0.717, 1.165) is 18.4 Å². The van der Waals surface area contributed by atoms with Gasteiger partial charge in [0, 0.05) is 0 Å². The van der Waals surface area contributed by atoms with Gasteiger partial charge in [0.25, 0.3) is 0 Å². The molecule has 0 fully saturated rings. The predicted molar refractivity (Wildman–Crippen MR) is 70.2 cm³/mol. The van der Waals surface area contributed by atoms with Gasteiger partial charge in [-0.15, -0.1) is 0 Å². The summed E-state index contributed by atoms with van der Waals surface area (Å²) in [4.78, 5) is 11.7. The molecule has 0 aliphatic carbocycles. The molecule has 0 saturated heterocycles. The fourth-order valence-corrected chi connectivity index (χ4v) is 1.63. The minimum absolute atomic E-state index is 0.282. The van der Waals surface area contributed by atoms with Crippen LogP contribution in [0.5, 0.6) is 0 Å². The van der Waals surface area contributed by atoms with Gasteiger partial charge in [0.2, 0.25) is 0 Å². The van der Waals surface area contributed by atoms with Crippen LogP contribution in [0.3, 0.4) is 0 Å². The fraction of sp³-hybridized carbons (Fsp3) is 0.467. The lowest BCUT2D eigenvalue weighted by molar-refractivity contribution is 0.0498. The van der Waals surface area contributed by atoms with Gasteiger partial charge in [0.1, 0.15) is 0 Å². The first kappa shape index (κ1) is 14.2. The molecule has 1 rings (SSSR count). The zero-order valence-electron chi connectivity index (χ0n) is 10.8. The average Bonchev–Trinajstić information content (AvgIpc) is 2.39. The number of hydrogen-bond acceptors (Lipinski definition) is 3. The lowest BCUT2D eigenvalue weighted by Crippen LogP contribution is -2.06. The van der Waals surface area contributed by atoms with E-state index < -0.39 is 0 Å². The van der Waals surface area contributed by atoms with Crippen LogP contribution in [0.2, 0.25) is 0 Å². The monoisotopic (exact) mass is 245 g/mol. The van der Waals surface area contributed by atoms with E-state index in [1.165, 1.54) is 12.8 Å². The second kappa shape index (κ2) is 8.30. The highest BCUT2D eigenvalue weighted by atomic mass is 16.5. The molecule has 0 atom stereocenters. The summed E-state index contributed by atoms with van der Waals surface area (Å²) in [6.45, 7) is 2.63. The normalized spacial score (nSPS) is 9.78. The molecule has 1 aromatic carbocycles. The summed E-state index contributed by atoms with van der Waals surface area (Å²) in [5, 5.41) is 8.54. The lowest BCUT2D eigenvalue weighted by atomic mass is 10.1. The highest BCUT2D eigenvalue weighted by Crippen LogP contribution is 2.07. The van der Waals surface area contributed by atoms with Crippen molar-refractivity contribution in [2.75, 3.05) is 6.61 Å². The van der Waals surface area contributed by atoms with Gasteiger partial charge in [0.05, 0.1) is 24.7 Å². The summed E-state index contributed by atoms with van der Waals surface area (Å²) in [6.07, 6.45) is 4.75. The summed E-state index contributed by atoms with van der Waals surface area (Å²) in [7, 11) is 0. The SMILES string of the molecule is CCCCCCOC(=O)c1ccc(CC#N)cc1. The number of benzene rings is 1. The third-order valence-electron chi connectivity index (χ3n) is 2.70. The standard InChI is InChI=1S/C15H19NO2/c1-2-3-4-5-12-18-15(17)14-8-6-13(7-9-14)10-11-16/h6-9H,2-5,10,12H2,1H3. The van der Waals surface area contributed by atoms with E-state index >= 15 is 0 Å². The van der Waals surface area contributed by atoms with E-state index in [0.29, 0.717) is 18.6 Å². The molecule has 0 radical (unpaired) electrons. The first-order valence-corrected chi connectivity index (χ1v) is 6.41. The molecule has 3 heteroatoms. The smallest absolute Gasteiger partial charge is 0.338 e. The molecular formula is C15H19NO2. The summed E-state index contributed by atoms with van der Waals surface area (Å²) in [5.74, 6) is -0.282. The van der Waals surface area contributed by atoms with Crippen molar-refractivity contribution in [3.8, 4) is 6.07 Å². The summed E-state index contributed by atoms with van der Waals surface area (Å²) in [5.41, 5.74) is 1.46. The molecule has 0 spiro atoms. The van der Waals surface area contributed by atoms with Crippen molar-refractivity contribution in [2.24, 2.45) is 0 Å². The van der Waals surface area contributed by atoms with Crippen molar-refractivity contribution in [3.05, 3.63) is 35.4 Å². The number of nitriles is 1. The molecule has 96 valence electrons. The molecule has 0 aliphatic heterocycles. The van der Waals surface area contributed by atoms with Gasteiger partial charge in [-0.1, -0.05) is 38.3 Å². The van der Waals surface area contributed by atoms with Crippen molar-refractivity contribution in [3.63, 3.8) is 0 Å². The molecule has 0 bridgehead atoms. The van der Waals surface area contributed by atoms with Crippen LogP contribution in [-0.2, 0) is 11.2 Å². The third-order valence-corrected chi connectivity index (χ3v) is 2.70. The van der Waals surface area contributed by atoms with Gasteiger partial charge in [0.15, 0.2) is 0 Å². The van der Waals surface area contributed by atoms with Gasteiger partial charge in [-0.3, -0.25) is 0 Å². The van der Waals surface area contributed by atoms with Gasteiger partial charge in [-0.25, -0.2) is 4.79 Å². The molecule has 0 amide bonds. The first-order chi connectivity index (χ1) is 8.77. The highest BCUT2D eigenvalue weighted by molar-refractivity contribution is 5.89. The molecule has 18 heavy (non-hydrogen) atoms. The van der Waals surface area contributed by atoms with Gasteiger partial charge in [-0.2, -0.15) is 5.26 Å². The van der Waals surface area contributed by atoms with Crippen LogP contribution >= 0.6 is 0 Å². The number of unbranched alkanes of at least 4 members (excludes halogenated alkanes) is 3. The second-order valence-electron chi connectivity index (χ2n) is 4.23. The zero-order chi connectivity index (χ0) is 13.2. The van der Waals surface area contributed by atoms with Crippen LogP contribution in [0, 0.1) is 11.3 Å². The molecule has 3 nitrogen and oxygen atoms in total. The van der Waals surface area contributed by atoms with E-state index in [4.69, 9.17) is 10.00 Å². The maximum atomic E-state index is 11.7. The molecule has 0 heterocycles. The number of hydrogen-bond donors (Lipinski definition) is 0. The van der Waals surface area contributed by atoms with Crippen molar-refractivity contribution < 1.29 is 9.53 Å². The third kappa shape index (κ3) is 5.01. The van der Waals surface area contributed by atoms with E-state index in [-0.39, 0.29) is 5.97 Å². The lowest BCUT2D eigenvalue weighted by Gasteiger charge is -2.05. The van der Waals surface area contributed by atoms with E-state index in [1.807, 2.05) is 0 Å². The fourth-order valence-electron chi connectivity index (χ4n) is 1.63. The van der Waals surface area contributed by atoms with Gasteiger partial charge in [-0.05, 0) is 24.1 Å². The minimum Gasteiger partial charge on any atom is -0.462 e. The average molecular weight is 245 g/mol. The molecule has 1 aromatic rings. The Morgan fingerprint density at radius 3 is 2.56 bits per heavy atom. The Kier molecular flexibility index (Phi) is 6.56. The topological polar surface area (TPSA) is 50.1 Å². The number of carbonyl (C=O) groups is 1. The molecule has 0 saturated carbocycles. The highest BCUT2D eigenvalue weighted by Gasteiger charge is 2.06. The zero-order valence-corrected chi connectivity index (χ0v) is 10.8. The summed E-state index contributed by atoms with van der Waals surface area (Å²) >= 11 is 0. The second-order valence-corrected chi connectivity index (χ2v) is 4.23. The Hall–Kier alpha value is -1.82.